The van der Waals surface area contributed by atoms with Gasteiger partial charge in [0.25, 0.3) is 0 Å². The molecule has 4 nitrogen and oxygen atoms in total. The van der Waals surface area contributed by atoms with E-state index in [2.05, 4.69) is 210 Å². The van der Waals surface area contributed by atoms with Crippen molar-refractivity contribution >= 4 is 54.5 Å². The standard InChI is InChI=1S/C58H46N4.Pt/c1-57(2,3)42-28-41(29-44(33-42)62-53-26-24-38-20-13-14-21-45(38)54(53)46-22-15-27-59-56(46)62)51-34-43(58(4,5)6)35-52(60-51)49-32-40(37-18-11-8-12-19-37)31-48-47-30-39(36-16-9-7-10-17-36)23-25-50(47)61-55(48)49;/h7-28,30-35H,1-6H3;/q-2;+2. The summed E-state index contributed by atoms with van der Waals surface area (Å²) in [4.78, 5) is 16.0. The van der Waals surface area contributed by atoms with Gasteiger partial charge in [0.2, 0.25) is 0 Å². The van der Waals surface area contributed by atoms with Gasteiger partial charge in [0.1, 0.15) is 5.65 Å². The van der Waals surface area contributed by atoms with Gasteiger partial charge < -0.3 is 9.55 Å². The van der Waals surface area contributed by atoms with Crippen LogP contribution in [-0.2, 0) is 31.9 Å². The van der Waals surface area contributed by atoms with Crippen LogP contribution in [0.25, 0.3) is 105 Å². The van der Waals surface area contributed by atoms with Gasteiger partial charge in [-0.15, -0.1) is 40.4 Å². The van der Waals surface area contributed by atoms with Crippen molar-refractivity contribution in [1.29, 1.82) is 0 Å². The van der Waals surface area contributed by atoms with Crippen LogP contribution in [0, 0.1) is 6.07 Å². The molecule has 0 N–H and O–H groups in total. The smallest absolute Gasteiger partial charge is 0.656 e. The Morgan fingerprint density at radius 1 is 0.524 bits per heavy atom. The van der Waals surface area contributed by atoms with E-state index in [1.807, 2.05) is 12.3 Å². The summed E-state index contributed by atoms with van der Waals surface area (Å²) in [5.74, 6) is 0. The van der Waals surface area contributed by atoms with E-state index in [0.717, 1.165) is 77.7 Å². The van der Waals surface area contributed by atoms with Crippen molar-refractivity contribution in [2.24, 2.45) is 0 Å². The Labute approximate surface area is 383 Å². The number of rotatable bonds is 5. The minimum atomic E-state index is -0.167. The van der Waals surface area contributed by atoms with E-state index in [-0.39, 0.29) is 31.9 Å². The summed E-state index contributed by atoms with van der Waals surface area (Å²) in [6.07, 6.45) is 1.89. The topological polar surface area (TPSA) is 44.8 Å². The third-order valence-electron chi connectivity index (χ3n) is 12.5. The van der Waals surface area contributed by atoms with Gasteiger partial charge in [-0.25, -0.2) is 4.98 Å². The minimum absolute atomic E-state index is 0. The molecule has 4 heterocycles. The monoisotopic (exact) mass is 993 g/mol. The maximum absolute atomic E-state index is 5.62. The molecule has 11 aromatic rings. The Hall–Kier alpha value is -6.61. The molecule has 0 radical (unpaired) electrons. The van der Waals surface area contributed by atoms with Crippen LogP contribution in [0.3, 0.4) is 0 Å². The van der Waals surface area contributed by atoms with Crippen LogP contribution in [0.4, 0.5) is 0 Å². The maximum Gasteiger partial charge on any atom is 2.00 e. The van der Waals surface area contributed by atoms with Gasteiger partial charge in [-0.05, 0) is 120 Å². The third kappa shape index (κ3) is 7.07. The Kier molecular flexibility index (Phi) is 9.84. The van der Waals surface area contributed by atoms with E-state index < -0.39 is 0 Å². The van der Waals surface area contributed by atoms with E-state index in [4.69, 9.17) is 15.0 Å². The van der Waals surface area contributed by atoms with Crippen LogP contribution >= 0.6 is 0 Å². The van der Waals surface area contributed by atoms with E-state index in [9.17, 15) is 0 Å². The van der Waals surface area contributed by atoms with E-state index in [1.54, 1.807) is 0 Å². The summed E-state index contributed by atoms with van der Waals surface area (Å²) >= 11 is 0. The normalized spacial score (nSPS) is 12.2. The fourth-order valence-corrected chi connectivity index (χ4v) is 9.08. The van der Waals surface area contributed by atoms with Crippen molar-refractivity contribution < 1.29 is 21.1 Å². The average molecular weight is 994 g/mol. The summed E-state index contributed by atoms with van der Waals surface area (Å²) in [6.45, 7) is 13.7. The predicted octanol–water partition coefficient (Wildman–Crippen LogP) is 15.1. The number of hydrogen-bond donors (Lipinski definition) is 0. The van der Waals surface area contributed by atoms with Crippen molar-refractivity contribution in [2.45, 2.75) is 52.4 Å². The van der Waals surface area contributed by atoms with Crippen molar-refractivity contribution in [3.8, 4) is 50.5 Å². The first kappa shape index (κ1) is 40.5. The first-order valence-corrected chi connectivity index (χ1v) is 21.5. The molecular formula is C58H46N4Pt. The molecule has 4 aromatic heterocycles. The molecule has 0 atom stereocenters. The Morgan fingerprint density at radius 2 is 1.17 bits per heavy atom. The fraction of sp³-hybridized carbons (Fsp3) is 0.138. The van der Waals surface area contributed by atoms with E-state index in [1.165, 1.54) is 38.4 Å². The molecular weight excluding hydrogens is 948 g/mol. The Morgan fingerprint density at radius 3 is 1.92 bits per heavy atom. The molecule has 0 unspecified atom stereocenters. The largest absolute Gasteiger partial charge is 2.00 e. The SMILES string of the molecule is CC(C)(C)c1cc(-c2cc(C(C)(C)C)cc(-c3cc(-c4ccccc4)cc4c3[n-]c3ccc(-c5ccccc5)cc34)n2)[c-]c(-n2c3ccc4ccccc4c3c3cccnc32)c1.[Pt+2]. The van der Waals surface area contributed by atoms with Crippen LogP contribution in [0.15, 0.2) is 170 Å². The van der Waals surface area contributed by atoms with Crippen molar-refractivity contribution in [3.05, 3.63) is 187 Å². The number of aromatic nitrogens is 4. The number of benzene rings is 7. The van der Waals surface area contributed by atoms with Gasteiger partial charge in [0.15, 0.2) is 0 Å². The van der Waals surface area contributed by atoms with Crippen molar-refractivity contribution in [1.82, 2.24) is 19.5 Å². The van der Waals surface area contributed by atoms with Gasteiger partial charge in [-0.1, -0.05) is 151 Å². The fourth-order valence-electron chi connectivity index (χ4n) is 9.08. The molecule has 0 fully saturated rings. The maximum atomic E-state index is 5.62. The summed E-state index contributed by atoms with van der Waals surface area (Å²) in [5, 5.41) is 7.00. The summed E-state index contributed by atoms with van der Waals surface area (Å²) < 4.78 is 2.29. The summed E-state index contributed by atoms with van der Waals surface area (Å²) in [5.41, 5.74) is 15.3. The molecule has 5 heteroatoms. The second kappa shape index (κ2) is 15.3. The Bertz CT molecular complexity index is 3530. The molecule has 0 saturated carbocycles. The van der Waals surface area contributed by atoms with Crippen LogP contribution in [0.5, 0.6) is 0 Å². The van der Waals surface area contributed by atoms with Gasteiger partial charge in [0.05, 0.1) is 11.2 Å². The van der Waals surface area contributed by atoms with Crippen LogP contribution in [-0.4, -0.2) is 14.5 Å². The Balaban J connectivity index is 0.00000471. The second-order valence-electron chi connectivity index (χ2n) is 18.7. The molecule has 0 bridgehead atoms. The molecule has 7 aromatic carbocycles. The van der Waals surface area contributed by atoms with Crippen LogP contribution in [0.1, 0.15) is 52.7 Å². The minimum Gasteiger partial charge on any atom is -0.656 e. The van der Waals surface area contributed by atoms with Crippen molar-refractivity contribution in [2.75, 3.05) is 0 Å². The molecule has 63 heavy (non-hydrogen) atoms. The average Bonchev–Trinajstić information content (AvgIpc) is 3.84. The number of hydrogen-bond acceptors (Lipinski definition) is 2. The molecule has 11 rings (SSSR count). The van der Waals surface area contributed by atoms with Gasteiger partial charge >= 0.3 is 21.1 Å². The quantitative estimate of drug-likeness (QED) is 0.161. The van der Waals surface area contributed by atoms with Gasteiger partial charge in [0, 0.05) is 17.0 Å². The predicted molar refractivity (Wildman–Crippen MR) is 260 cm³/mol. The molecule has 0 aliphatic carbocycles. The molecule has 0 aliphatic rings. The molecule has 0 aliphatic heterocycles. The number of nitrogens with zero attached hydrogens (tertiary/aromatic N) is 4. The summed E-state index contributed by atoms with van der Waals surface area (Å²) in [7, 11) is 0. The van der Waals surface area contributed by atoms with Crippen LogP contribution in [0.2, 0.25) is 0 Å². The van der Waals surface area contributed by atoms with E-state index in [0.29, 0.717) is 0 Å². The molecule has 0 amide bonds. The first-order valence-electron chi connectivity index (χ1n) is 21.5. The molecule has 0 spiro atoms. The van der Waals surface area contributed by atoms with E-state index >= 15 is 0 Å². The zero-order valence-corrected chi connectivity index (χ0v) is 38.5. The third-order valence-corrected chi connectivity index (χ3v) is 12.5. The van der Waals surface area contributed by atoms with Crippen molar-refractivity contribution in [3.63, 3.8) is 0 Å². The molecule has 308 valence electrons. The van der Waals surface area contributed by atoms with Gasteiger partial charge in [-0.2, -0.15) is 0 Å². The van der Waals surface area contributed by atoms with Gasteiger partial charge in [-0.3, -0.25) is 4.98 Å². The molecule has 0 saturated heterocycles. The second-order valence-corrected chi connectivity index (χ2v) is 18.7. The zero-order valence-electron chi connectivity index (χ0n) is 36.3. The zero-order chi connectivity index (χ0) is 42.3. The van der Waals surface area contributed by atoms with Crippen LogP contribution < -0.4 is 4.98 Å². The summed E-state index contributed by atoms with van der Waals surface area (Å²) in [6, 6.07) is 62.8. The number of fused-ring (bicyclic) bond motifs is 8. The number of pyridine rings is 2. The first-order chi connectivity index (χ1) is 30.0.